The molecule has 1 atom stereocenters. The van der Waals surface area contributed by atoms with E-state index in [2.05, 4.69) is 4.98 Å². The number of carbonyl (C=O) groups is 2. The molecule has 1 fully saturated rings. The van der Waals surface area contributed by atoms with Crippen molar-refractivity contribution in [3.8, 4) is 0 Å². The third kappa shape index (κ3) is 2.12. The largest absolute Gasteiger partial charge is 0.398 e. The van der Waals surface area contributed by atoms with Gasteiger partial charge in [-0.3, -0.25) is 19.0 Å². The van der Waals surface area contributed by atoms with Crippen LogP contribution in [0.25, 0.3) is 10.9 Å². The Hall–Kier alpha value is -2.50. The summed E-state index contributed by atoms with van der Waals surface area (Å²) in [4.78, 5) is 40.7. The number of Topliss-reactive ketones (excluding diaryl/α,β-unsaturated/α-hetero) is 2. The molecule has 6 nitrogen and oxygen atoms in total. The maximum atomic E-state index is 12.9. The Balaban J connectivity index is 2.33. The molecule has 1 unspecified atom stereocenters. The van der Waals surface area contributed by atoms with Gasteiger partial charge in [-0.1, -0.05) is 6.07 Å². The van der Waals surface area contributed by atoms with Crippen LogP contribution in [0, 0.1) is 6.88 Å². The van der Waals surface area contributed by atoms with Gasteiger partial charge in [-0.05, 0) is 25.4 Å². The summed E-state index contributed by atoms with van der Waals surface area (Å²) < 4.78 is 24.0. The number of nitrogen functional groups attached to an aromatic ring is 1. The molecule has 0 radical (unpaired) electrons. The smallest absolute Gasteiger partial charge is 0.264 e. The number of aromatic nitrogens is 2. The molecule has 0 amide bonds. The Morgan fingerprint density at radius 1 is 1.48 bits per heavy atom. The number of rotatable bonds is 1. The number of carbonyl (C=O) groups excluding carboxylic acids is 2. The molecule has 6 heteroatoms. The van der Waals surface area contributed by atoms with Crippen molar-refractivity contribution in [3.63, 3.8) is 0 Å². The second-order valence-electron chi connectivity index (χ2n) is 5.03. The van der Waals surface area contributed by atoms with Crippen LogP contribution in [0.3, 0.4) is 0 Å². The van der Waals surface area contributed by atoms with Crippen LogP contribution in [0.4, 0.5) is 5.69 Å². The van der Waals surface area contributed by atoms with E-state index in [-0.39, 0.29) is 53.5 Å². The van der Waals surface area contributed by atoms with Crippen LogP contribution in [-0.4, -0.2) is 21.1 Å². The van der Waals surface area contributed by atoms with E-state index in [4.69, 9.17) is 9.85 Å². The molecule has 1 saturated carbocycles. The van der Waals surface area contributed by atoms with Gasteiger partial charge >= 0.3 is 0 Å². The minimum atomic E-state index is -1.58. The van der Waals surface area contributed by atoms with Crippen molar-refractivity contribution >= 4 is 28.2 Å². The average Bonchev–Trinajstić information content (AvgIpc) is 2.51. The molecule has 21 heavy (non-hydrogen) atoms. The maximum absolute atomic E-state index is 12.9. The lowest BCUT2D eigenvalue weighted by atomic mass is 9.92. The molecule has 1 heterocycles. The number of fused-ring (bicyclic) bond motifs is 1. The lowest BCUT2D eigenvalue weighted by molar-refractivity contribution is -0.132. The molecule has 3 rings (SSSR count). The van der Waals surface area contributed by atoms with Gasteiger partial charge in [-0.15, -0.1) is 0 Å². The monoisotopic (exact) mass is 288 g/mol. The molecule has 108 valence electrons. The summed E-state index contributed by atoms with van der Waals surface area (Å²) in [7, 11) is 0. The van der Waals surface area contributed by atoms with Crippen LogP contribution in [0.2, 0.25) is 0 Å². The van der Waals surface area contributed by atoms with Gasteiger partial charge in [0.15, 0.2) is 5.78 Å². The van der Waals surface area contributed by atoms with Gasteiger partial charge in [0.2, 0.25) is 0 Å². The normalized spacial score (nSPS) is 21.4. The molecule has 1 aliphatic carbocycles. The number of nitrogens with zero attached hydrogens (tertiary/aromatic N) is 2. The van der Waals surface area contributed by atoms with Crippen molar-refractivity contribution < 1.29 is 13.7 Å². The van der Waals surface area contributed by atoms with Crippen molar-refractivity contribution in [2.75, 3.05) is 5.73 Å². The molecule has 0 spiro atoms. The Bertz CT molecular complexity index is 924. The quantitative estimate of drug-likeness (QED) is 0.627. The van der Waals surface area contributed by atoms with Gasteiger partial charge in [0.1, 0.15) is 11.6 Å². The summed E-state index contributed by atoms with van der Waals surface area (Å²) in [5.41, 5.74) is 5.30. The summed E-state index contributed by atoms with van der Waals surface area (Å²) in [5, 5.41) is -0.00315. The minimum absolute atomic E-state index is 0.00315. The Morgan fingerprint density at radius 2 is 2.29 bits per heavy atom. The van der Waals surface area contributed by atoms with E-state index in [1.54, 1.807) is 0 Å². The van der Waals surface area contributed by atoms with Crippen LogP contribution in [-0.2, 0) is 9.59 Å². The molecule has 1 aliphatic rings. The predicted molar refractivity (Wildman–Crippen MR) is 78.1 cm³/mol. The van der Waals surface area contributed by atoms with Gasteiger partial charge in [0.25, 0.3) is 5.56 Å². The number of benzene rings is 1. The lowest BCUT2D eigenvalue weighted by Gasteiger charge is -2.24. The Labute approximate surface area is 124 Å². The standard InChI is InChI=1S/C15H15N3O3/c1-8-17-11-4-2-3-10(16)14(11)15(21)18(8)12-6-5-9(19)7-13(12)20/h2-4,12H,5-7,16H2,1H3/i1D2,3D. The van der Waals surface area contributed by atoms with Crippen LogP contribution < -0.4 is 11.3 Å². The van der Waals surface area contributed by atoms with Crippen molar-refractivity contribution in [3.05, 3.63) is 34.4 Å². The number of anilines is 1. The second kappa shape index (κ2) is 4.80. The molecule has 1 aromatic heterocycles. The Morgan fingerprint density at radius 3 is 3.00 bits per heavy atom. The van der Waals surface area contributed by atoms with E-state index in [9.17, 15) is 14.4 Å². The molecule has 2 N–H and O–H groups in total. The van der Waals surface area contributed by atoms with Gasteiger partial charge in [-0.25, -0.2) is 4.98 Å². The van der Waals surface area contributed by atoms with Crippen LogP contribution in [0.1, 0.15) is 35.2 Å². The molecule has 2 aromatic rings. The summed E-state index contributed by atoms with van der Waals surface area (Å²) in [6.45, 7) is -1.58. The van der Waals surface area contributed by atoms with Crippen LogP contribution >= 0.6 is 0 Å². The minimum Gasteiger partial charge on any atom is -0.398 e. The van der Waals surface area contributed by atoms with E-state index in [0.29, 0.717) is 0 Å². The Kier molecular flexibility index (Phi) is 2.35. The van der Waals surface area contributed by atoms with E-state index in [1.807, 2.05) is 0 Å². The average molecular weight is 288 g/mol. The fourth-order valence-electron chi connectivity index (χ4n) is 2.66. The maximum Gasteiger partial charge on any atom is 0.264 e. The van der Waals surface area contributed by atoms with E-state index in [1.165, 1.54) is 12.1 Å². The number of nitrogens with two attached hydrogens (primary N) is 1. The van der Waals surface area contributed by atoms with Crippen molar-refractivity contribution in [1.29, 1.82) is 0 Å². The first kappa shape index (κ1) is 10.3. The third-order valence-corrected chi connectivity index (χ3v) is 3.67. The molecule has 0 bridgehead atoms. The number of hydrogen-bond donors (Lipinski definition) is 1. The molecular weight excluding hydrogens is 270 g/mol. The van der Waals surface area contributed by atoms with Crippen LogP contribution in [0.5, 0.6) is 0 Å². The fraction of sp³-hybridized carbons (Fsp3) is 0.333. The molecule has 1 aromatic carbocycles. The topological polar surface area (TPSA) is 95.0 Å². The SMILES string of the molecule is [2H]c1ccc2nc(C([2H])[2H])n(C3CCC(=O)CC3=O)c(=O)c2c1N. The lowest BCUT2D eigenvalue weighted by Crippen LogP contribution is -2.36. The first-order chi connectivity index (χ1) is 11.3. The molecule has 0 saturated heterocycles. The highest BCUT2D eigenvalue weighted by molar-refractivity contribution is 6.03. The highest BCUT2D eigenvalue weighted by Crippen LogP contribution is 2.24. The van der Waals surface area contributed by atoms with Crippen molar-refractivity contribution in [2.45, 2.75) is 32.2 Å². The van der Waals surface area contributed by atoms with E-state index >= 15 is 0 Å². The predicted octanol–water partition coefficient (Wildman–Crippen LogP) is 1.15. The summed E-state index contributed by atoms with van der Waals surface area (Å²) >= 11 is 0. The summed E-state index contributed by atoms with van der Waals surface area (Å²) in [6.07, 6.45) is 0.00310. The van der Waals surface area contributed by atoms with Gasteiger partial charge in [0.05, 0.1) is 24.7 Å². The summed E-state index contributed by atoms with van der Waals surface area (Å²) in [5.74, 6) is -0.796. The first-order valence-electron chi connectivity index (χ1n) is 8.17. The van der Waals surface area contributed by atoms with Gasteiger partial charge in [0, 0.05) is 14.8 Å². The van der Waals surface area contributed by atoms with E-state index < -0.39 is 24.3 Å². The highest BCUT2D eigenvalue weighted by Gasteiger charge is 2.30. The zero-order valence-electron chi connectivity index (χ0n) is 14.1. The zero-order valence-corrected chi connectivity index (χ0v) is 11.1. The van der Waals surface area contributed by atoms with E-state index in [0.717, 1.165) is 4.57 Å². The van der Waals surface area contributed by atoms with Crippen molar-refractivity contribution in [1.82, 2.24) is 9.55 Å². The fourth-order valence-corrected chi connectivity index (χ4v) is 2.66. The highest BCUT2D eigenvalue weighted by atomic mass is 16.2. The summed E-state index contributed by atoms with van der Waals surface area (Å²) in [6, 6.07) is 1.83. The van der Waals surface area contributed by atoms with Crippen LogP contribution in [0.15, 0.2) is 23.0 Å². The zero-order chi connectivity index (χ0) is 17.6. The second-order valence-corrected chi connectivity index (χ2v) is 5.03. The van der Waals surface area contributed by atoms with Crippen molar-refractivity contribution in [2.24, 2.45) is 0 Å². The molecular formula is C15H15N3O3. The number of aryl methyl sites for hydroxylation is 1. The third-order valence-electron chi connectivity index (χ3n) is 3.67. The number of ketones is 2. The number of hydrogen-bond acceptors (Lipinski definition) is 5. The molecule has 0 aliphatic heterocycles. The van der Waals surface area contributed by atoms with Gasteiger partial charge in [-0.2, -0.15) is 0 Å². The first-order valence-corrected chi connectivity index (χ1v) is 6.51. The van der Waals surface area contributed by atoms with Gasteiger partial charge < -0.3 is 5.73 Å².